The molecule has 9 heteroatoms. The predicted octanol–water partition coefficient (Wildman–Crippen LogP) is 6.47. The Morgan fingerprint density at radius 2 is 1.74 bits per heavy atom. The van der Waals surface area contributed by atoms with Gasteiger partial charge in [0.1, 0.15) is 24.2 Å². The molecule has 3 heterocycles. The SMILES string of the molecule is Cc1c(NC(=O)OCCN2CCCCCC2)cn2ncc(C#N)c(Nc3ccc(Oc4ccccc4)cc3)c12. The standard InChI is InChI=1S/C30H32N6O3/c1-22-27(34-30(37)38-18-17-35-15-7-2-3-8-16-35)21-36-29(22)28(23(19-31)20-32-36)33-24-11-13-26(14-12-24)39-25-9-5-4-6-10-25/h4-6,9-14,20-21,33H,2-3,7-8,15-18H2,1H3,(H,34,37). The van der Waals surface area contributed by atoms with Gasteiger partial charge in [-0.3, -0.25) is 10.2 Å². The minimum atomic E-state index is -0.507. The van der Waals surface area contributed by atoms with Crippen molar-refractivity contribution in [2.75, 3.05) is 36.9 Å². The molecule has 0 unspecified atom stereocenters. The van der Waals surface area contributed by atoms with E-state index in [1.54, 1.807) is 10.7 Å². The molecular formula is C30H32N6O3. The highest BCUT2D eigenvalue weighted by Gasteiger charge is 2.18. The number of nitrogens with zero attached hydrogens (tertiary/aromatic N) is 4. The normalized spacial score (nSPS) is 13.8. The van der Waals surface area contributed by atoms with Crippen LogP contribution in [0, 0.1) is 18.3 Å². The van der Waals surface area contributed by atoms with Gasteiger partial charge in [0.25, 0.3) is 0 Å². The molecule has 1 aliphatic rings. The molecule has 2 aromatic heterocycles. The molecule has 0 saturated carbocycles. The number of rotatable bonds is 8. The number of ether oxygens (including phenoxy) is 2. The second-order valence-corrected chi connectivity index (χ2v) is 9.59. The van der Waals surface area contributed by atoms with Gasteiger partial charge in [-0.25, -0.2) is 9.31 Å². The number of amides is 1. The number of nitriles is 1. The molecule has 2 aromatic carbocycles. The minimum absolute atomic E-state index is 0.339. The van der Waals surface area contributed by atoms with Crippen LogP contribution in [-0.2, 0) is 4.74 Å². The van der Waals surface area contributed by atoms with Crippen LogP contribution in [0.3, 0.4) is 0 Å². The van der Waals surface area contributed by atoms with E-state index < -0.39 is 6.09 Å². The fourth-order valence-electron chi connectivity index (χ4n) is 4.77. The molecule has 1 fully saturated rings. The van der Waals surface area contributed by atoms with Crippen molar-refractivity contribution in [2.24, 2.45) is 0 Å². The lowest BCUT2D eigenvalue weighted by molar-refractivity contribution is 0.140. The molecule has 0 radical (unpaired) electrons. The smallest absolute Gasteiger partial charge is 0.411 e. The molecule has 39 heavy (non-hydrogen) atoms. The van der Waals surface area contributed by atoms with Crippen LogP contribution in [0.2, 0.25) is 0 Å². The molecule has 9 nitrogen and oxygen atoms in total. The Bertz CT molecular complexity index is 1450. The number of fused-ring (bicyclic) bond motifs is 1. The van der Waals surface area contributed by atoms with Crippen LogP contribution >= 0.6 is 0 Å². The maximum atomic E-state index is 12.6. The summed E-state index contributed by atoms with van der Waals surface area (Å²) in [6.45, 7) is 5.07. The Morgan fingerprint density at radius 1 is 1.03 bits per heavy atom. The first-order chi connectivity index (χ1) is 19.1. The van der Waals surface area contributed by atoms with E-state index in [2.05, 4.69) is 26.7 Å². The quantitative estimate of drug-likeness (QED) is 0.272. The van der Waals surface area contributed by atoms with Gasteiger partial charge in [-0.2, -0.15) is 10.4 Å². The third-order valence-electron chi connectivity index (χ3n) is 6.86. The average molecular weight is 525 g/mol. The summed E-state index contributed by atoms with van der Waals surface area (Å²) in [5.41, 5.74) is 3.81. The van der Waals surface area contributed by atoms with Gasteiger partial charge >= 0.3 is 6.09 Å². The van der Waals surface area contributed by atoms with Gasteiger partial charge in [0, 0.05) is 17.8 Å². The Labute approximate surface area is 228 Å². The van der Waals surface area contributed by atoms with E-state index in [0.717, 1.165) is 36.6 Å². The summed E-state index contributed by atoms with van der Waals surface area (Å²) in [6, 6.07) is 19.3. The number of carbonyl (C=O) groups is 1. The lowest BCUT2D eigenvalue weighted by Crippen LogP contribution is -2.30. The molecule has 0 aliphatic carbocycles. The number of aromatic nitrogens is 2. The summed E-state index contributed by atoms with van der Waals surface area (Å²) in [5, 5.41) is 20.3. The molecule has 1 saturated heterocycles. The fourth-order valence-corrected chi connectivity index (χ4v) is 4.77. The third kappa shape index (κ3) is 6.48. The summed E-state index contributed by atoms with van der Waals surface area (Å²) in [6.07, 6.45) is 7.66. The van der Waals surface area contributed by atoms with Gasteiger partial charge in [0.2, 0.25) is 0 Å². The van der Waals surface area contributed by atoms with Crippen molar-refractivity contribution in [3.63, 3.8) is 0 Å². The lowest BCUT2D eigenvalue weighted by atomic mass is 10.1. The summed E-state index contributed by atoms with van der Waals surface area (Å²) in [5.74, 6) is 1.46. The second kappa shape index (κ2) is 12.3. The zero-order valence-electron chi connectivity index (χ0n) is 22.0. The van der Waals surface area contributed by atoms with Gasteiger partial charge < -0.3 is 14.8 Å². The third-order valence-corrected chi connectivity index (χ3v) is 6.86. The first kappa shape index (κ1) is 26.1. The van der Waals surface area contributed by atoms with E-state index in [0.29, 0.717) is 34.8 Å². The van der Waals surface area contributed by atoms with Crippen molar-refractivity contribution < 1.29 is 14.3 Å². The first-order valence-electron chi connectivity index (χ1n) is 13.3. The van der Waals surface area contributed by atoms with Gasteiger partial charge in [0.15, 0.2) is 0 Å². The number of para-hydroxylation sites is 1. The van der Waals surface area contributed by atoms with Gasteiger partial charge in [-0.05, 0) is 69.3 Å². The highest BCUT2D eigenvalue weighted by atomic mass is 16.5. The highest BCUT2D eigenvalue weighted by Crippen LogP contribution is 2.33. The van der Waals surface area contributed by atoms with Crippen LogP contribution in [-0.4, -0.2) is 46.8 Å². The maximum absolute atomic E-state index is 12.6. The topological polar surface area (TPSA) is 104 Å². The van der Waals surface area contributed by atoms with E-state index in [9.17, 15) is 10.1 Å². The number of hydrogen-bond donors (Lipinski definition) is 2. The van der Waals surface area contributed by atoms with Crippen molar-refractivity contribution in [1.82, 2.24) is 14.5 Å². The van der Waals surface area contributed by atoms with Crippen LogP contribution in [0.4, 0.5) is 21.9 Å². The second-order valence-electron chi connectivity index (χ2n) is 9.59. The monoisotopic (exact) mass is 524 g/mol. The fraction of sp³-hybridized carbons (Fsp3) is 0.300. The number of anilines is 3. The maximum Gasteiger partial charge on any atom is 0.411 e. The van der Waals surface area contributed by atoms with Crippen molar-refractivity contribution >= 4 is 28.7 Å². The zero-order chi connectivity index (χ0) is 27.0. The Kier molecular flexibility index (Phi) is 8.24. The van der Waals surface area contributed by atoms with Gasteiger partial charge in [0.05, 0.1) is 34.8 Å². The number of aryl methyl sites for hydroxylation is 1. The summed E-state index contributed by atoms with van der Waals surface area (Å²) in [4.78, 5) is 14.9. The highest BCUT2D eigenvalue weighted by molar-refractivity contribution is 5.92. The molecule has 2 N–H and O–H groups in total. The van der Waals surface area contributed by atoms with E-state index in [4.69, 9.17) is 9.47 Å². The van der Waals surface area contributed by atoms with Crippen LogP contribution in [0.15, 0.2) is 67.0 Å². The molecule has 0 atom stereocenters. The molecule has 0 spiro atoms. The van der Waals surface area contributed by atoms with Crippen LogP contribution in [0.1, 0.15) is 36.8 Å². The van der Waals surface area contributed by atoms with E-state index >= 15 is 0 Å². The number of nitrogens with one attached hydrogen (secondary N) is 2. The average Bonchev–Trinajstić information content (AvgIpc) is 3.09. The number of likely N-dealkylation sites (tertiary alicyclic amines) is 1. The van der Waals surface area contributed by atoms with E-state index in [1.807, 2.05) is 61.5 Å². The predicted molar refractivity (Wildman–Crippen MR) is 151 cm³/mol. The molecule has 1 aliphatic heterocycles. The van der Waals surface area contributed by atoms with Crippen molar-refractivity contribution in [1.29, 1.82) is 5.26 Å². The molecule has 200 valence electrons. The van der Waals surface area contributed by atoms with Crippen molar-refractivity contribution in [3.05, 3.63) is 78.1 Å². The first-order valence-corrected chi connectivity index (χ1v) is 13.3. The van der Waals surface area contributed by atoms with E-state index in [1.165, 1.54) is 31.9 Å². The van der Waals surface area contributed by atoms with Crippen LogP contribution in [0.5, 0.6) is 11.5 Å². The Balaban J connectivity index is 1.28. The van der Waals surface area contributed by atoms with Crippen LogP contribution in [0.25, 0.3) is 5.52 Å². The van der Waals surface area contributed by atoms with Crippen molar-refractivity contribution in [2.45, 2.75) is 32.6 Å². The summed E-state index contributed by atoms with van der Waals surface area (Å²) >= 11 is 0. The molecule has 4 aromatic rings. The van der Waals surface area contributed by atoms with Crippen LogP contribution < -0.4 is 15.4 Å². The zero-order valence-corrected chi connectivity index (χ0v) is 22.0. The molecule has 1 amide bonds. The molecular weight excluding hydrogens is 492 g/mol. The molecule has 0 bridgehead atoms. The number of benzene rings is 2. The van der Waals surface area contributed by atoms with Gasteiger partial charge in [-0.15, -0.1) is 0 Å². The van der Waals surface area contributed by atoms with Crippen molar-refractivity contribution in [3.8, 4) is 17.6 Å². The van der Waals surface area contributed by atoms with E-state index in [-0.39, 0.29) is 0 Å². The number of carbonyl (C=O) groups excluding carboxylic acids is 1. The summed E-state index contributed by atoms with van der Waals surface area (Å²) < 4.78 is 13.0. The lowest BCUT2D eigenvalue weighted by Gasteiger charge is -2.19. The Hall–Kier alpha value is -4.55. The molecule has 5 rings (SSSR count). The largest absolute Gasteiger partial charge is 0.457 e. The minimum Gasteiger partial charge on any atom is -0.457 e. The summed E-state index contributed by atoms with van der Waals surface area (Å²) in [7, 11) is 0. The number of hydrogen-bond acceptors (Lipinski definition) is 7. The Morgan fingerprint density at radius 3 is 2.46 bits per heavy atom. The van der Waals surface area contributed by atoms with Gasteiger partial charge in [-0.1, -0.05) is 31.0 Å².